The summed E-state index contributed by atoms with van der Waals surface area (Å²) >= 11 is 0. The van der Waals surface area contributed by atoms with Gasteiger partial charge < -0.3 is 10.1 Å². The molecule has 0 amide bonds. The van der Waals surface area contributed by atoms with Crippen LogP contribution in [0.2, 0.25) is 0 Å². The number of Topliss-reactive ketones (excluding diaryl/α,β-unsaturated/α-hetero) is 2. The van der Waals surface area contributed by atoms with Crippen LogP contribution in [-0.2, 0) is 24.2 Å². The van der Waals surface area contributed by atoms with Crippen molar-refractivity contribution < 1.29 is 27.5 Å². The Bertz CT molecular complexity index is 1330. The highest BCUT2D eigenvalue weighted by Crippen LogP contribution is 2.27. The first-order valence-electron chi connectivity index (χ1n) is 11.0. The van der Waals surface area contributed by atoms with Crippen molar-refractivity contribution in [2.45, 2.75) is 39.6 Å². The normalized spacial score (nSPS) is 12.7. The molecule has 0 aliphatic heterocycles. The van der Waals surface area contributed by atoms with Gasteiger partial charge in [-0.05, 0) is 60.4 Å². The second-order valence-electron chi connectivity index (χ2n) is 8.45. The number of carbonyl (C=O) groups excluding carboxylic acids is 2. The molecule has 0 saturated carbocycles. The van der Waals surface area contributed by atoms with Gasteiger partial charge in [-0.3, -0.25) is 14.6 Å². The van der Waals surface area contributed by atoms with Gasteiger partial charge >= 0.3 is 6.36 Å². The van der Waals surface area contributed by atoms with Crippen LogP contribution in [0.4, 0.5) is 18.9 Å². The topological polar surface area (TPSA) is 68.3 Å². The highest BCUT2D eigenvalue weighted by molar-refractivity contribution is 6.00. The third kappa shape index (κ3) is 6.15. The van der Waals surface area contributed by atoms with Crippen LogP contribution in [0.15, 0.2) is 60.3 Å². The Hall–Kier alpha value is -3.94. The molecule has 1 heterocycles. The van der Waals surface area contributed by atoms with Gasteiger partial charge in [-0.2, -0.15) is 0 Å². The number of ether oxygens (including phenoxy) is 1. The minimum atomic E-state index is -4.82. The SMILES string of the molecule is CC(=O)C1=Cc2cc(NCc3cc(CC(=O)c4cccc(OC(F)(F)F)c4)ccc3C)cnc2C1. The summed E-state index contributed by atoms with van der Waals surface area (Å²) in [6.07, 6.45) is -0.634. The molecule has 1 aliphatic carbocycles. The van der Waals surface area contributed by atoms with Crippen molar-refractivity contribution in [3.05, 3.63) is 93.8 Å². The second kappa shape index (κ2) is 9.74. The number of benzene rings is 2. The number of ketones is 2. The first-order valence-corrected chi connectivity index (χ1v) is 11.0. The summed E-state index contributed by atoms with van der Waals surface area (Å²) in [4.78, 5) is 28.8. The molecule has 1 N–H and O–H groups in total. The van der Waals surface area contributed by atoms with Crippen LogP contribution in [0, 0.1) is 6.92 Å². The Balaban J connectivity index is 1.44. The number of fused-ring (bicyclic) bond motifs is 1. The number of carbonyl (C=O) groups is 2. The van der Waals surface area contributed by atoms with Crippen LogP contribution < -0.4 is 10.1 Å². The van der Waals surface area contributed by atoms with Gasteiger partial charge in [-0.15, -0.1) is 13.2 Å². The van der Waals surface area contributed by atoms with Crippen molar-refractivity contribution in [3.63, 3.8) is 0 Å². The molecule has 8 heteroatoms. The lowest BCUT2D eigenvalue weighted by Crippen LogP contribution is -2.17. The van der Waals surface area contributed by atoms with E-state index in [1.807, 2.05) is 37.3 Å². The van der Waals surface area contributed by atoms with Crippen LogP contribution >= 0.6 is 0 Å². The van der Waals surface area contributed by atoms with Gasteiger partial charge in [0.15, 0.2) is 11.6 Å². The van der Waals surface area contributed by atoms with Crippen molar-refractivity contribution in [2.75, 3.05) is 5.32 Å². The summed E-state index contributed by atoms with van der Waals surface area (Å²) < 4.78 is 41.3. The van der Waals surface area contributed by atoms with Crippen molar-refractivity contribution in [3.8, 4) is 5.75 Å². The van der Waals surface area contributed by atoms with E-state index in [1.54, 1.807) is 13.1 Å². The first-order chi connectivity index (χ1) is 16.6. The molecule has 0 fully saturated rings. The maximum Gasteiger partial charge on any atom is 0.573 e. The van der Waals surface area contributed by atoms with Gasteiger partial charge in [0.05, 0.1) is 17.6 Å². The summed E-state index contributed by atoms with van der Waals surface area (Å²) in [6.45, 7) is 4.00. The lowest BCUT2D eigenvalue weighted by molar-refractivity contribution is -0.274. The molecule has 0 atom stereocenters. The van der Waals surface area contributed by atoms with Crippen LogP contribution in [0.3, 0.4) is 0 Å². The third-order valence-electron chi connectivity index (χ3n) is 5.79. The van der Waals surface area contributed by atoms with Crippen LogP contribution in [0.25, 0.3) is 6.08 Å². The van der Waals surface area contributed by atoms with E-state index in [1.165, 1.54) is 12.1 Å². The van der Waals surface area contributed by atoms with Gasteiger partial charge in [-0.25, -0.2) is 0 Å². The highest BCUT2D eigenvalue weighted by atomic mass is 19.4. The number of anilines is 1. The average Bonchev–Trinajstić information content (AvgIpc) is 3.22. The van der Waals surface area contributed by atoms with E-state index in [-0.39, 0.29) is 23.6 Å². The van der Waals surface area contributed by atoms with Crippen LogP contribution in [0.5, 0.6) is 5.75 Å². The monoisotopic (exact) mass is 480 g/mol. The van der Waals surface area contributed by atoms with Gasteiger partial charge in [0.25, 0.3) is 0 Å². The minimum absolute atomic E-state index is 0.0408. The molecule has 0 radical (unpaired) electrons. The molecular formula is C27H23F3N2O3. The fraction of sp³-hybridized carbons (Fsp3) is 0.222. The van der Waals surface area contributed by atoms with Gasteiger partial charge in [0.1, 0.15) is 5.75 Å². The maximum absolute atomic E-state index is 12.7. The maximum atomic E-state index is 12.7. The quantitative estimate of drug-likeness (QED) is 0.410. The standard InChI is InChI=1S/C27H23F3N2O3/c1-16-6-7-18(9-26(34)19-4-3-5-24(12-19)35-27(28,29)30)8-22(16)14-31-23-11-21-10-20(17(2)33)13-25(21)32-15-23/h3-8,10-12,15,31H,9,13-14H2,1-2H3. The molecule has 180 valence electrons. The molecule has 1 aromatic heterocycles. The smallest absolute Gasteiger partial charge is 0.406 e. The zero-order chi connectivity index (χ0) is 25.2. The number of aromatic nitrogens is 1. The van der Waals surface area contributed by atoms with Crippen LogP contribution in [0.1, 0.15) is 45.2 Å². The predicted octanol–water partition coefficient (Wildman–Crippen LogP) is 5.85. The molecular weight excluding hydrogens is 457 g/mol. The van der Waals surface area contributed by atoms with E-state index in [4.69, 9.17) is 0 Å². The van der Waals surface area contributed by atoms with E-state index in [9.17, 15) is 22.8 Å². The Morgan fingerprint density at radius 1 is 1.11 bits per heavy atom. The minimum Gasteiger partial charge on any atom is -0.406 e. The fourth-order valence-corrected chi connectivity index (χ4v) is 3.90. The Morgan fingerprint density at radius 2 is 1.91 bits per heavy atom. The van der Waals surface area contributed by atoms with E-state index in [0.29, 0.717) is 13.0 Å². The summed E-state index contributed by atoms with van der Waals surface area (Å²) in [6, 6.07) is 12.7. The molecule has 0 bridgehead atoms. The molecule has 0 saturated heterocycles. The number of halogens is 3. The molecule has 1 aliphatic rings. The van der Waals surface area contributed by atoms with Crippen LogP contribution in [-0.4, -0.2) is 22.9 Å². The van der Waals surface area contributed by atoms with Gasteiger partial charge in [0.2, 0.25) is 0 Å². The summed E-state index contributed by atoms with van der Waals surface area (Å²) in [5.41, 5.74) is 6.26. The number of nitrogens with one attached hydrogen (secondary N) is 1. The number of hydrogen-bond acceptors (Lipinski definition) is 5. The molecule has 35 heavy (non-hydrogen) atoms. The molecule has 2 aromatic carbocycles. The number of hydrogen-bond donors (Lipinski definition) is 1. The number of aryl methyl sites for hydroxylation is 1. The molecule has 0 unspecified atom stereocenters. The van der Waals surface area contributed by atoms with E-state index in [2.05, 4.69) is 15.0 Å². The largest absolute Gasteiger partial charge is 0.573 e. The number of rotatable bonds is 8. The van der Waals surface area contributed by atoms with E-state index >= 15 is 0 Å². The summed E-state index contributed by atoms with van der Waals surface area (Å²) in [5, 5.41) is 3.33. The number of allylic oxidation sites excluding steroid dienone is 1. The number of pyridine rings is 1. The summed E-state index contributed by atoms with van der Waals surface area (Å²) in [5.74, 6) is -0.694. The second-order valence-corrected chi connectivity index (χ2v) is 8.45. The van der Waals surface area contributed by atoms with Crippen molar-refractivity contribution in [1.29, 1.82) is 0 Å². The molecule has 5 nitrogen and oxygen atoms in total. The fourth-order valence-electron chi connectivity index (χ4n) is 3.90. The van der Waals surface area contributed by atoms with Crippen molar-refractivity contribution >= 4 is 23.3 Å². The van der Waals surface area contributed by atoms with Gasteiger partial charge in [-0.1, -0.05) is 30.3 Å². The number of nitrogens with zero attached hydrogens (tertiary/aromatic N) is 1. The Labute approximate surface area is 200 Å². The molecule has 3 aromatic rings. The number of alkyl halides is 3. The Kier molecular flexibility index (Phi) is 6.73. The van der Waals surface area contributed by atoms with E-state index in [0.717, 1.165) is 51.3 Å². The summed E-state index contributed by atoms with van der Waals surface area (Å²) in [7, 11) is 0. The highest BCUT2D eigenvalue weighted by Gasteiger charge is 2.31. The van der Waals surface area contributed by atoms with Crippen molar-refractivity contribution in [2.24, 2.45) is 0 Å². The lowest BCUT2D eigenvalue weighted by Gasteiger charge is -2.12. The average molecular weight is 480 g/mol. The molecule has 4 rings (SSSR count). The Morgan fingerprint density at radius 3 is 2.66 bits per heavy atom. The van der Waals surface area contributed by atoms with Crippen molar-refractivity contribution in [1.82, 2.24) is 4.98 Å². The predicted molar refractivity (Wildman–Crippen MR) is 126 cm³/mol. The zero-order valence-corrected chi connectivity index (χ0v) is 19.2. The molecule has 0 spiro atoms. The third-order valence-corrected chi connectivity index (χ3v) is 5.79. The van der Waals surface area contributed by atoms with Gasteiger partial charge in [0, 0.05) is 30.5 Å². The first kappa shape index (κ1) is 24.2. The van der Waals surface area contributed by atoms with E-state index < -0.39 is 12.1 Å². The zero-order valence-electron chi connectivity index (χ0n) is 19.2. The lowest BCUT2D eigenvalue weighted by atomic mass is 9.98.